The lowest BCUT2D eigenvalue weighted by Crippen LogP contribution is -2.43. The van der Waals surface area contributed by atoms with Crippen molar-refractivity contribution >= 4 is 17.6 Å². The van der Waals surface area contributed by atoms with Gasteiger partial charge in [-0.2, -0.15) is 0 Å². The van der Waals surface area contributed by atoms with E-state index < -0.39 is 0 Å². The number of likely N-dealkylation sites (tertiary alicyclic amines) is 1. The molecule has 160 valence electrons. The standard InChI is InChI=1S/C23H29N3O4/c1-2-29-21-11-7-6-10-20(21)25-23(28)24-16-18-12-14-26(15-13-18)22(27)17-30-19-8-4-3-5-9-19/h3-11,18H,2,12-17H2,1H3,(H2,24,25,28). The minimum atomic E-state index is -0.253. The van der Waals surface area contributed by atoms with Crippen LogP contribution in [0.1, 0.15) is 19.8 Å². The molecule has 1 aliphatic rings. The first kappa shape index (κ1) is 21.5. The molecule has 30 heavy (non-hydrogen) atoms. The van der Waals surface area contributed by atoms with Gasteiger partial charge in [0.1, 0.15) is 11.5 Å². The SMILES string of the molecule is CCOc1ccccc1NC(=O)NCC1CCN(C(=O)COc2ccccc2)CC1. The van der Waals surface area contributed by atoms with E-state index in [0.717, 1.165) is 12.8 Å². The number of nitrogens with one attached hydrogen (secondary N) is 2. The minimum Gasteiger partial charge on any atom is -0.492 e. The molecule has 0 spiro atoms. The number of para-hydroxylation sites is 3. The third kappa shape index (κ3) is 6.40. The fourth-order valence-corrected chi connectivity index (χ4v) is 3.39. The molecule has 1 aliphatic heterocycles. The molecule has 3 rings (SSSR count). The van der Waals surface area contributed by atoms with Crippen LogP contribution in [0.15, 0.2) is 54.6 Å². The van der Waals surface area contributed by atoms with Gasteiger partial charge >= 0.3 is 6.03 Å². The molecule has 3 amide bonds. The Bertz CT molecular complexity index is 820. The summed E-state index contributed by atoms with van der Waals surface area (Å²) in [4.78, 5) is 26.4. The van der Waals surface area contributed by atoms with Crippen molar-refractivity contribution in [3.63, 3.8) is 0 Å². The van der Waals surface area contributed by atoms with E-state index in [1.807, 2.05) is 66.4 Å². The zero-order valence-corrected chi connectivity index (χ0v) is 17.3. The predicted octanol–water partition coefficient (Wildman–Crippen LogP) is 3.52. The number of hydrogen-bond acceptors (Lipinski definition) is 4. The molecule has 7 nitrogen and oxygen atoms in total. The number of carbonyl (C=O) groups is 2. The Morgan fingerprint density at radius 1 is 1.00 bits per heavy atom. The molecule has 0 atom stereocenters. The molecule has 1 heterocycles. The molecular weight excluding hydrogens is 382 g/mol. The molecule has 0 radical (unpaired) electrons. The smallest absolute Gasteiger partial charge is 0.319 e. The number of anilines is 1. The van der Waals surface area contributed by atoms with Crippen LogP contribution in [0.25, 0.3) is 0 Å². The maximum Gasteiger partial charge on any atom is 0.319 e. The van der Waals surface area contributed by atoms with Crippen molar-refractivity contribution in [2.24, 2.45) is 5.92 Å². The number of amides is 3. The van der Waals surface area contributed by atoms with Crippen molar-refractivity contribution in [1.82, 2.24) is 10.2 Å². The average Bonchev–Trinajstić information content (AvgIpc) is 2.78. The summed E-state index contributed by atoms with van der Waals surface area (Å²) in [5.74, 6) is 1.69. The van der Waals surface area contributed by atoms with Crippen LogP contribution in [-0.4, -0.2) is 49.7 Å². The van der Waals surface area contributed by atoms with Crippen LogP contribution in [0, 0.1) is 5.92 Å². The Morgan fingerprint density at radius 3 is 2.43 bits per heavy atom. The lowest BCUT2D eigenvalue weighted by Gasteiger charge is -2.32. The summed E-state index contributed by atoms with van der Waals surface area (Å²) in [6.45, 7) is 4.42. The zero-order chi connectivity index (χ0) is 21.2. The number of hydrogen-bond donors (Lipinski definition) is 2. The highest BCUT2D eigenvalue weighted by atomic mass is 16.5. The van der Waals surface area contributed by atoms with Gasteiger partial charge in [0.2, 0.25) is 0 Å². The summed E-state index contributed by atoms with van der Waals surface area (Å²) in [5.41, 5.74) is 0.649. The van der Waals surface area contributed by atoms with E-state index in [1.165, 1.54) is 0 Å². The third-order valence-corrected chi connectivity index (χ3v) is 5.06. The topological polar surface area (TPSA) is 79.9 Å². The van der Waals surface area contributed by atoms with E-state index >= 15 is 0 Å². The van der Waals surface area contributed by atoms with E-state index in [0.29, 0.717) is 49.3 Å². The molecule has 0 aliphatic carbocycles. The maximum atomic E-state index is 12.3. The lowest BCUT2D eigenvalue weighted by atomic mass is 9.97. The number of carbonyl (C=O) groups excluding carboxylic acids is 2. The van der Waals surface area contributed by atoms with Crippen LogP contribution >= 0.6 is 0 Å². The fraction of sp³-hybridized carbons (Fsp3) is 0.391. The van der Waals surface area contributed by atoms with Gasteiger partial charge in [-0.05, 0) is 49.9 Å². The minimum absolute atomic E-state index is 0.00413. The van der Waals surface area contributed by atoms with E-state index in [2.05, 4.69) is 10.6 Å². The quantitative estimate of drug-likeness (QED) is 0.697. The number of benzene rings is 2. The normalized spacial score (nSPS) is 14.1. The largest absolute Gasteiger partial charge is 0.492 e. The van der Waals surface area contributed by atoms with Crippen molar-refractivity contribution in [1.29, 1.82) is 0 Å². The molecular formula is C23H29N3O4. The van der Waals surface area contributed by atoms with Crippen molar-refractivity contribution < 1.29 is 19.1 Å². The van der Waals surface area contributed by atoms with Crippen LogP contribution in [0.3, 0.4) is 0 Å². The average molecular weight is 412 g/mol. The van der Waals surface area contributed by atoms with Gasteiger partial charge in [-0.15, -0.1) is 0 Å². The summed E-state index contributed by atoms with van der Waals surface area (Å²) in [5, 5.41) is 5.77. The molecule has 0 bridgehead atoms. The third-order valence-electron chi connectivity index (χ3n) is 5.06. The van der Waals surface area contributed by atoms with Gasteiger partial charge in [0.15, 0.2) is 6.61 Å². The Kier molecular flexibility index (Phi) is 7.94. The zero-order valence-electron chi connectivity index (χ0n) is 17.3. The summed E-state index contributed by atoms with van der Waals surface area (Å²) in [6.07, 6.45) is 1.71. The van der Waals surface area contributed by atoms with Gasteiger partial charge in [0.05, 0.1) is 12.3 Å². The molecule has 7 heteroatoms. The summed E-state index contributed by atoms with van der Waals surface area (Å²) in [6, 6.07) is 16.4. The molecule has 1 fully saturated rings. The Balaban J connectivity index is 1.36. The van der Waals surface area contributed by atoms with Crippen molar-refractivity contribution in [3.05, 3.63) is 54.6 Å². The van der Waals surface area contributed by atoms with E-state index in [-0.39, 0.29) is 18.5 Å². The van der Waals surface area contributed by atoms with Gasteiger partial charge in [0, 0.05) is 19.6 Å². The Morgan fingerprint density at radius 2 is 1.70 bits per heavy atom. The first-order valence-electron chi connectivity index (χ1n) is 10.4. The van der Waals surface area contributed by atoms with Gasteiger partial charge in [-0.25, -0.2) is 4.79 Å². The van der Waals surface area contributed by atoms with Crippen molar-refractivity contribution in [2.75, 3.05) is 38.2 Å². The summed E-state index contributed by atoms with van der Waals surface area (Å²) >= 11 is 0. The first-order valence-corrected chi connectivity index (χ1v) is 10.4. The molecule has 2 N–H and O–H groups in total. The summed E-state index contributed by atoms with van der Waals surface area (Å²) < 4.78 is 11.1. The van der Waals surface area contributed by atoms with Crippen molar-refractivity contribution in [2.45, 2.75) is 19.8 Å². The Labute approximate surface area is 177 Å². The van der Waals surface area contributed by atoms with Crippen LogP contribution in [0.5, 0.6) is 11.5 Å². The van der Waals surface area contributed by atoms with Gasteiger partial charge in [-0.1, -0.05) is 30.3 Å². The molecule has 1 saturated heterocycles. The molecule has 2 aromatic carbocycles. The molecule has 0 aromatic heterocycles. The number of nitrogens with zero attached hydrogens (tertiary/aromatic N) is 1. The van der Waals surface area contributed by atoms with Gasteiger partial charge in [0.25, 0.3) is 5.91 Å². The first-order chi connectivity index (χ1) is 14.7. The fourth-order valence-electron chi connectivity index (χ4n) is 3.39. The molecule has 2 aromatic rings. The number of urea groups is 1. The monoisotopic (exact) mass is 411 g/mol. The summed E-state index contributed by atoms with van der Waals surface area (Å²) in [7, 11) is 0. The van der Waals surface area contributed by atoms with E-state index in [9.17, 15) is 9.59 Å². The second-order valence-corrected chi connectivity index (χ2v) is 7.19. The second kappa shape index (κ2) is 11.1. The highest BCUT2D eigenvalue weighted by Crippen LogP contribution is 2.23. The maximum absolute atomic E-state index is 12.3. The molecule has 0 unspecified atom stereocenters. The highest BCUT2D eigenvalue weighted by molar-refractivity contribution is 5.90. The van der Waals surface area contributed by atoms with Gasteiger partial charge < -0.3 is 25.0 Å². The number of ether oxygens (including phenoxy) is 2. The second-order valence-electron chi connectivity index (χ2n) is 7.19. The van der Waals surface area contributed by atoms with E-state index in [1.54, 1.807) is 0 Å². The van der Waals surface area contributed by atoms with Crippen molar-refractivity contribution in [3.8, 4) is 11.5 Å². The number of rotatable bonds is 8. The predicted molar refractivity (Wildman–Crippen MR) is 116 cm³/mol. The van der Waals surface area contributed by atoms with Crippen LogP contribution in [0.4, 0.5) is 10.5 Å². The highest BCUT2D eigenvalue weighted by Gasteiger charge is 2.23. The lowest BCUT2D eigenvalue weighted by molar-refractivity contribution is -0.134. The van der Waals surface area contributed by atoms with Gasteiger partial charge in [-0.3, -0.25) is 4.79 Å². The Hall–Kier alpha value is -3.22. The molecule has 0 saturated carbocycles. The number of piperidine rings is 1. The van der Waals surface area contributed by atoms with Crippen LogP contribution in [0.2, 0.25) is 0 Å². The van der Waals surface area contributed by atoms with E-state index in [4.69, 9.17) is 9.47 Å². The van der Waals surface area contributed by atoms with Crippen LogP contribution in [-0.2, 0) is 4.79 Å². The van der Waals surface area contributed by atoms with Crippen LogP contribution < -0.4 is 20.1 Å².